The van der Waals surface area contributed by atoms with Crippen molar-refractivity contribution in [2.75, 3.05) is 24.1 Å². The van der Waals surface area contributed by atoms with E-state index in [0.717, 1.165) is 48.4 Å². The van der Waals surface area contributed by atoms with Gasteiger partial charge >= 0.3 is 0 Å². The molecule has 0 radical (unpaired) electrons. The second-order valence-corrected chi connectivity index (χ2v) is 6.54. The zero-order valence-electron chi connectivity index (χ0n) is 13.9. The Morgan fingerprint density at radius 3 is 2.75 bits per heavy atom. The van der Waals surface area contributed by atoms with Gasteiger partial charge in [-0.2, -0.15) is 0 Å². The van der Waals surface area contributed by atoms with Gasteiger partial charge < -0.3 is 11.1 Å². The molecule has 0 bridgehead atoms. The van der Waals surface area contributed by atoms with Gasteiger partial charge in [0, 0.05) is 30.5 Å². The Balaban J connectivity index is 1.61. The van der Waals surface area contributed by atoms with Crippen LogP contribution in [-0.2, 0) is 6.54 Å². The van der Waals surface area contributed by atoms with Gasteiger partial charge in [0.1, 0.15) is 0 Å². The van der Waals surface area contributed by atoms with Crippen LogP contribution in [0.5, 0.6) is 0 Å². The predicted octanol–water partition coefficient (Wildman–Crippen LogP) is 3.93. The monoisotopic (exact) mass is 331 g/mol. The van der Waals surface area contributed by atoms with Crippen LogP contribution in [0.25, 0.3) is 0 Å². The first-order valence-electron chi connectivity index (χ1n) is 8.30. The molecule has 0 amide bonds. The number of rotatable bonds is 4. The zero-order valence-corrected chi connectivity index (χ0v) is 13.9. The van der Waals surface area contributed by atoms with Gasteiger partial charge in [-0.05, 0) is 67.8 Å². The smallest absolute Gasteiger partial charge is 0.159 e. The Bertz CT molecular complexity index is 658. The summed E-state index contributed by atoms with van der Waals surface area (Å²) in [6.45, 7) is 4.48. The molecule has 3 N–H and O–H groups in total. The standard InChI is InChI=1S/C19H23F2N3/c1-13-9-15(5-7-19(13)22)23-16-3-2-8-24(12-16)11-14-4-6-17(20)18(21)10-14/h4-7,9-10,16,23H,2-3,8,11-12,22H2,1H3. The first kappa shape index (κ1) is 16.7. The number of hydrogen-bond acceptors (Lipinski definition) is 3. The van der Waals surface area contributed by atoms with Crippen LogP contribution in [-0.4, -0.2) is 24.0 Å². The van der Waals surface area contributed by atoms with Crippen LogP contribution in [0.2, 0.25) is 0 Å². The summed E-state index contributed by atoms with van der Waals surface area (Å²) in [7, 11) is 0. The molecule has 2 aromatic carbocycles. The fourth-order valence-corrected chi connectivity index (χ4v) is 3.21. The van der Waals surface area contributed by atoms with Crippen LogP contribution in [0.1, 0.15) is 24.0 Å². The molecular formula is C19H23F2N3. The Kier molecular flexibility index (Phi) is 5.00. The SMILES string of the molecule is Cc1cc(NC2CCCN(Cc3ccc(F)c(F)c3)C2)ccc1N. The van der Waals surface area contributed by atoms with Crippen LogP contribution >= 0.6 is 0 Å². The summed E-state index contributed by atoms with van der Waals surface area (Å²) in [6, 6.07) is 10.4. The summed E-state index contributed by atoms with van der Waals surface area (Å²) in [6.07, 6.45) is 2.17. The molecule has 2 aromatic rings. The van der Waals surface area contributed by atoms with Gasteiger partial charge in [0.15, 0.2) is 11.6 Å². The topological polar surface area (TPSA) is 41.3 Å². The maximum atomic E-state index is 13.4. The molecule has 1 saturated heterocycles. The third kappa shape index (κ3) is 4.03. The summed E-state index contributed by atoms with van der Waals surface area (Å²) in [5, 5.41) is 3.55. The van der Waals surface area contributed by atoms with Crippen LogP contribution in [0, 0.1) is 18.6 Å². The Morgan fingerprint density at radius 1 is 1.17 bits per heavy atom. The molecular weight excluding hydrogens is 308 g/mol. The molecule has 128 valence electrons. The van der Waals surface area contributed by atoms with Crippen molar-refractivity contribution in [1.29, 1.82) is 0 Å². The molecule has 0 spiro atoms. The molecule has 1 aliphatic heterocycles. The number of nitrogens with zero attached hydrogens (tertiary/aromatic N) is 1. The van der Waals surface area contributed by atoms with E-state index in [4.69, 9.17) is 5.73 Å². The molecule has 24 heavy (non-hydrogen) atoms. The summed E-state index contributed by atoms with van der Waals surface area (Å²) in [5.74, 6) is -1.58. The van der Waals surface area contributed by atoms with Gasteiger partial charge in [-0.1, -0.05) is 6.07 Å². The number of aryl methyl sites for hydroxylation is 1. The zero-order chi connectivity index (χ0) is 17.1. The lowest BCUT2D eigenvalue weighted by molar-refractivity contribution is 0.208. The Labute approximate surface area is 141 Å². The van der Waals surface area contributed by atoms with E-state index in [1.807, 2.05) is 19.1 Å². The lowest BCUT2D eigenvalue weighted by Crippen LogP contribution is -2.41. The van der Waals surface area contributed by atoms with Gasteiger partial charge in [0.05, 0.1) is 0 Å². The van der Waals surface area contributed by atoms with Crippen LogP contribution in [0.4, 0.5) is 20.2 Å². The number of benzene rings is 2. The molecule has 1 fully saturated rings. The van der Waals surface area contributed by atoms with E-state index in [9.17, 15) is 8.78 Å². The van der Waals surface area contributed by atoms with Crippen LogP contribution in [0.3, 0.4) is 0 Å². The third-order valence-electron chi connectivity index (χ3n) is 4.54. The van der Waals surface area contributed by atoms with Gasteiger partial charge in [-0.25, -0.2) is 8.78 Å². The minimum absolute atomic E-state index is 0.340. The third-order valence-corrected chi connectivity index (χ3v) is 4.54. The fourth-order valence-electron chi connectivity index (χ4n) is 3.21. The minimum Gasteiger partial charge on any atom is -0.399 e. The molecule has 3 nitrogen and oxygen atoms in total. The van der Waals surface area contributed by atoms with Crippen molar-refractivity contribution in [1.82, 2.24) is 4.90 Å². The van der Waals surface area contributed by atoms with E-state index >= 15 is 0 Å². The average molecular weight is 331 g/mol. The van der Waals surface area contributed by atoms with Gasteiger partial charge in [0.25, 0.3) is 0 Å². The maximum Gasteiger partial charge on any atom is 0.159 e. The lowest BCUT2D eigenvalue weighted by atomic mass is 10.0. The van der Waals surface area contributed by atoms with E-state index in [1.165, 1.54) is 12.1 Å². The van der Waals surface area contributed by atoms with Crippen LogP contribution in [0.15, 0.2) is 36.4 Å². The summed E-state index contributed by atoms with van der Waals surface area (Å²) < 4.78 is 26.4. The molecule has 1 atom stereocenters. The number of likely N-dealkylation sites (tertiary alicyclic amines) is 1. The second kappa shape index (κ2) is 7.18. The van der Waals surface area contributed by atoms with Crippen molar-refractivity contribution in [3.63, 3.8) is 0 Å². The van der Waals surface area contributed by atoms with Crippen LogP contribution < -0.4 is 11.1 Å². The van der Waals surface area contributed by atoms with Gasteiger partial charge in [-0.3, -0.25) is 4.90 Å². The quantitative estimate of drug-likeness (QED) is 0.834. The van der Waals surface area contributed by atoms with Crippen molar-refractivity contribution in [2.45, 2.75) is 32.4 Å². The fraction of sp³-hybridized carbons (Fsp3) is 0.368. The molecule has 0 aromatic heterocycles. The highest BCUT2D eigenvalue weighted by atomic mass is 19.2. The first-order valence-corrected chi connectivity index (χ1v) is 8.30. The summed E-state index contributed by atoms with van der Waals surface area (Å²) in [4.78, 5) is 2.28. The average Bonchev–Trinajstić information content (AvgIpc) is 2.55. The maximum absolute atomic E-state index is 13.4. The van der Waals surface area contributed by atoms with E-state index in [-0.39, 0.29) is 0 Å². The van der Waals surface area contributed by atoms with Gasteiger partial charge in [-0.15, -0.1) is 0 Å². The molecule has 5 heteroatoms. The highest BCUT2D eigenvalue weighted by molar-refractivity contribution is 5.57. The largest absolute Gasteiger partial charge is 0.399 e. The minimum atomic E-state index is -0.796. The van der Waals surface area contributed by atoms with Crippen molar-refractivity contribution >= 4 is 11.4 Å². The summed E-state index contributed by atoms with van der Waals surface area (Å²) >= 11 is 0. The second-order valence-electron chi connectivity index (χ2n) is 6.54. The molecule has 3 rings (SSSR count). The van der Waals surface area contributed by atoms with E-state index in [0.29, 0.717) is 12.6 Å². The molecule has 0 saturated carbocycles. The lowest BCUT2D eigenvalue weighted by Gasteiger charge is -2.33. The van der Waals surface area contributed by atoms with Crippen molar-refractivity contribution in [3.8, 4) is 0 Å². The number of anilines is 2. The van der Waals surface area contributed by atoms with Crippen molar-refractivity contribution in [2.24, 2.45) is 0 Å². The number of hydrogen-bond donors (Lipinski definition) is 2. The number of nitrogen functional groups attached to an aromatic ring is 1. The van der Waals surface area contributed by atoms with Crippen molar-refractivity contribution < 1.29 is 8.78 Å². The predicted molar refractivity (Wildman–Crippen MR) is 93.9 cm³/mol. The summed E-state index contributed by atoms with van der Waals surface area (Å²) in [5.41, 5.74) is 9.59. The number of nitrogens with two attached hydrogens (primary N) is 1. The Morgan fingerprint density at radius 2 is 2.00 bits per heavy atom. The number of nitrogens with one attached hydrogen (secondary N) is 1. The van der Waals surface area contributed by atoms with E-state index < -0.39 is 11.6 Å². The number of halogens is 2. The van der Waals surface area contributed by atoms with E-state index in [1.54, 1.807) is 6.07 Å². The molecule has 1 aliphatic rings. The first-order chi connectivity index (χ1) is 11.5. The highest BCUT2D eigenvalue weighted by Crippen LogP contribution is 2.21. The highest BCUT2D eigenvalue weighted by Gasteiger charge is 2.20. The normalized spacial score (nSPS) is 18.5. The number of piperidine rings is 1. The van der Waals surface area contributed by atoms with Crippen molar-refractivity contribution in [3.05, 3.63) is 59.2 Å². The molecule has 1 unspecified atom stereocenters. The Hall–Kier alpha value is -2.14. The van der Waals surface area contributed by atoms with Gasteiger partial charge in [0.2, 0.25) is 0 Å². The molecule has 0 aliphatic carbocycles. The molecule has 1 heterocycles. The van der Waals surface area contributed by atoms with E-state index in [2.05, 4.69) is 16.3 Å².